The van der Waals surface area contributed by atoms with E-state index in [2.05, 4.69) is 25.9 Å². The Morgan fingerprint density at radius 3 is 2.44 bits per heavy atom. The van der Waals surface area contributed by atoms with E-state index >= 15 is 0 Å². The quantitative estimate of drug-likeness (QED) is 0.875. The van der Waals surface area contributed by atoms with Gasteiger partial charge in [-0.3, -0.25) is 0 Å². The van der Waals surface area contributed by atoms with Gasteiger partial charge in [-0.2, -0.15) is 13.2 Å². The van der Waals surface area contributed by atoms with Gasteiger partial charge in [0.15, 0.2) is 0 Å². The minimum Gasteiger partial charge on any atom is -0.384 e. The van der Waals surface area contributed by atoms with Crippen molar-refractivity contribution in [2.75, 3.05) is 5.73 Å². The van der Waals surface area contributed by atoms with Crippen LogP contribution in [0.1, 0.15) is 5.82 Å². The minimum atomic E-state index is -4.61. The summed E-state index contributed by atoms with van der Waals surface area (Å²) in [6.45, 7) is 0. The van der Waals surface area contributed by atoms with Crippen molar-refractivity contribution >= 4 is 21.7 Å². The highest BCUT2D eigenvalue weighted by Gasteiger charge is 2.35. The van der Waals surface area contributed by atoms with Gasteiger partial charge in [-0.1, -0.05) is 28.1 Å². The smallest absolute Gasteiger partial charge is 0.384 e. The topological polar surface area (TPSA) is 51.8 Å². The Morgan fingerprint density at radius 1 is 1.11 bits per heavy atom. The number of halogens is 4. The highest BCUT2D eigenvalue weighted by atomic mass is 79.9. The predicted octanol–water partition coefficient (Wildman–Crippen LogP) is 3.51. The molecule has 0 spiro atoms. The van der Waals surface area contributed by atoms with Crippen LogP contribution in [-0.2, 0) is 6.18 Å². The molecule has 0 radical (unpaired) electrons. The standard InChI is InChI=1S/C11H7BrF3N3/c12-7-3-1-2-6(4-7)8-5-9(16)18-10(17-8)11(13,14)15/h1-5H,(H2,16,17,18). The maximum Gasteiger partial charge on any atom is 0.451 e. The lowest BCUT2D eigenvalue weighted by Crippen LogP contribution is -2.13. The molecule has 0 aliphatic rings. The molecule has 3 nitrogen and oxygen atoms in total. The molecule has 0 fully saturated rings. The molecule has 18 heavy (non-hydrogen) atoms. The van der Waals surface area contributed by atoms with Crippen LogP contribution in [0.2, 0.25) is 0 Å². The SMILES string of the molecule is Nc1cc(-c2cccc(Br)c2)nc(C(F)(F)F)n1. The van der Waals surface area contributed by atoms with Crippen molar-refractivity contribution in [3.8, 4) is 11.3 Å². The number of hydrogen-bond donors (Lipinski definition) is 1. The van der Waals surface area contributed by atoms with Gasteiger partial charge in [-0.25, -0.2) is 9.97 Å². The largest absolute Gasteiger partial charge is 0.451 e. The zero-order valence-corrected chi connectivity index (χ0v) is 10.5. The fourth-order valence-corrected chi connectivity index (χ4v) is 1.79. The van der Waals surface area contributed by atoms with Gasteiger partial charge >= 0.3 is 6.18 Å². The molecule has 0 saturated heterocycles. The van der Waals surface area contributed by atoms with Crippen LogP contribution in [0.15, 0.2) is 34.8 Å². The molecule has 0 unspecified atom stereocenters. The van der Waals surface area contributed by atoms with Crippen molar-refractivity contribution in [3.63, 3.8) is 0 Å². The van der Waals surface area contributed by atoms with Crippen LogP contribution in [-0.4, -0.2) is 9.97 Å². The number of rotatable bonds is 1. The van der Waals surface area contributed by atoms with Gasteiger partial charge in [-0.15, -0.1) is 0 Å². The Bertz CT molecular complexity index is 584. The van der Waals surface area contributed by atoms with Crippen LogP contribution >= 0.6 is 15.9 Å². The first kappa shape index (κ1) is 12.8. The maximum atomic E-state index is 12.6. The minimum absolute atomic E-state index is 0.135. The molecular weight excluding hydrogens is 311 g/mol. The van der Waals surface area contributed by atoms with E-state index in [1.165, 1.54) is 6.07 Å². The molecule has 94 valence electrons. The Hall–Kier alpha value is -1.63. The number of alkyl halides is 3. The van der Waals surface area contributed by atoms with Crippen molar-refractivity contribution in [3.05, 3.63) is 40.6 Å². The van der Waals surface area contributed by atoms with Crippen LogP contribution in [0, 0.1) is 0 Å². The van der Waals surface area contributed by atoms with Gasteiger partial charge in [0.05, 0.1) is 5.69 Å². The second-order valence-corrected chi connectivity index (χ2v) is 4.43. The molecule has 0 aliphatic carbocycles. The molecule has 7 heteroatoms. The van der Waals surface area contributed by atoms with Crippen molar-refractivity contribution in [1.29, 1.82) is 0 Å². The summed E-state index contributed by atoms with van der Waals surface area (Å²) in [6, 6.07) is 8.06. The monoisotopic (exact) mass is 317 g/mol. The number of nitrogens with two attached hydrogens (primary N) is 1. The number of nitrogens with zero attached hydrogens (tertiary/aromatic N) is 2. The number of anilines is 1. The fraction of sp³-hybridized carbons (Fsp3) is 0.0909. The lowest BCUT2D eigenvalue weighted by Gasteiger charge is -2.08. The molecule has 1 heterocycles. The van der Waals surface area contributed by atoms with E-state index in [-0.39, 0.29) is 11.5 Å². The number of nitrogen functional groups attached to an aromatic ring is 1. The van der Waals surface area contributed by atoms with Crippen LogP contribution in [0.3, 0.4) is 0 Å². The van der Waals surface area contributed by atoms with Crippen molar-refractivity contribution in [1.82, 2.24) is 9.97 Å². The zero-order chi connectivity index (χ0) is 13.3. The van der Waals surface area contributed by atoms with E-state index in [1.807, 2.05) is 0 Å². The van der Waals surface area contributed by atoms with Gasteiger partial charge < -0.3 is 5.73 Å². The van der Waals surface area contributed by atoms with Crippen molar-refractivity contribution in [2.24, 2.45) is 0 Å². The summed E-state index contributed by atoms with van der Waals surface area (Å²) in [4.78, 5) is 6.66. The van der Waals surface area contributed by atoms with E-state index < -0.39 is 12.0 Å². The van der Waals surface area contributed by atoms with E-state index in [0.29, 0.717) is 5.56 Å². The van der Waals surface area contributed by atoms with Crippen LogP contribution in [0.4, 0.5) is 19.0 Å². The average molecular weight is 318 g/mol. The molecule has 2 N–H and O–H groups in total. The lowest BCUT2D eigenvalue weighted by atomic mass is 10.1. The highest BCUT2D eigenvalue weighted by Crippen LogP contribution is 2.29. The zero-order valence-electron chi connectivity index (χ0n) is 8.87. The first-order chi connectivity index (χ1) is 8.36. The maximum absolute atomic E-state index is 12.6. The Labute approximate surface area is 109 Å². The van der Waals surface area contributed by atoms with E-state index in [0.717, 1.165) is 4.47 Å². The molecule has 0 aliphatic heterocycles. The van der Waals surface area contributed by atoms with E-state index in [4.69, 9.17) is 5.73 Å². The summed E-state index contributed by atoms with van der Waals surface area (Å²) >= 11 is 3.24. The first-order valence-corrected chi connectivity index (χ1v) is 5.63. The van der Waals surface area contributed by atoms with Crippen LogP contribution in [0.5, 0.6) is 0 Å². The van der Waals surface area contributed by atoms with Crippen LogP contribution < -0.4 is 5.73 Å². The van der Waals surface area contributed by atoms with Crippen LogP contribution in [0.25, 0.3) is 11.3 Å². The normalized spacial score (nSPS) is 11.6. The van der Waals surface area contributed by atoms with E-state index in [1.54, 1.807) is 24.3 Å². The van der Waals surface area contributed by atoms with E-state index in [9.17, 15) is 13.2 Å². The third-order valence-corrected chi connectivity index (χ3v) is 2.61. The Morgan fingerprint density at radius 2 is 1.83 bits per heavy atom. The third kappa shape index (κ3) is 2.79. The Balaban J connectivity index is 2.55. The molecule has 1 aromatic carbocycles. The van der Waals surface area contributed by atoms with Gasteiger partial charge in [0.2, 0.25) is 5.82 Å². The molecule has 0 atom stereocenters. The number of aromatic nitrogens is 2. The summed E-state index contributed by atoms with van der Waals surface area (Å²) in [6.07, 6.45) is -4.61. The molecular formula is C11H7BrF3N3. The molecule has 0 saturated carbocycles. The third-order valence-electron chi connectivity index (χ3n) is 2.12. The summed E-state index contributed by atoms with van der Waals surface area (Å²) in [5, 5.41) is 0. The first-order valence-electron chi connectivity index (χ1n) is 4.84. The summed E-state index contributed by atoms with van der Waals surface area (Å²) in [7, 11) is 0. The fourth-order valence-electron chi connectivity index (χ4n) is 1.39. The summed E-state index contributed by atoms with van der Waals surface area (Å²) < 4.78 is 38.4. The second kappa shape index (κ2) is 4.56. The molecule has 1 aromatic heterocycles. The average Bonchev–Trinajstić information content (AvgIpc) is 2.27. The van der Waals surface area contributed by atoms with Gasteiger partial charge in [0.25, 0.3) is 0 Å². The highest BCUT2D eigenvalue weighted by molar-refractivity contribution is 9.10. The predicted molar refractivity (Wildman–Crippen MR) is 64.6 cm³/mol. The molecule has 0 amide bonds. The summed E-state index contributed by atoms with van der Waals surface area (Å²) in [5.74, 6) is -1.45. The number of benzene rings is 1. The van der Waals surface area contributed by atoms with Crippen molar-refractivity contribution in [2.45, 2.75) is 6.18 Å². The van der Waals surface area contributed by atoms with Gasteiger partial charge in [0, 0.05) is 16.1 Å². The number of hydrogen-bond acceptors (Lipinski definition) is 3. The van der Waals surface area contributed by atoms with Gasteiger partial charge in [-0.05, 0) is 12.1 Å². The Kier molecular flexibility index (Phi) is 3.25. The lowest BCUT2D eigenvalue weighted by molar-refractivity contribution is -0.144. The van der Waals surface area contributed by atoms with Gasteiger partial charge in [0.1, 0.15) is 5.82 Å². The molecule has 0 bridgehead atoms. The summed E-state index contributed by atoms with van der Waals surface area (Å²) in [5.41, 5.74) is 6.04. The molecule has 2 rings (SSSR count). The second-order valence-electron chi connectivity index (χ2n) is 3.51. The van der Waals surface area contributed by atoms with Crippen molar-refractivity contribution < 1.29 is 13.2 Å². The molecule has 2 aromatic rings.